The fourth-order valence-electron chi connectivity index (χ4n) is 2.56. The first-order chi connectivity index (χ1) is 9.79. The number of hydrogen-bond donors (Lipinski definition) is 2. The summed E-state index contributed by atoms with van der Waals surface area (Å²) < 4.78 is 0. The van der Waals surface area contributed by atoms with Crippen LogP contribution in [0.25, 0.3) is 10.8 Å². The minimum Gasteiger partial charge on any atom is -0.326 e. The fraction of sp³-hybridized carbons (Fsp3) is 0.111. The number of fused-ring (bicyclic) bond motifs is 1. The van der Waals surface area contributed by atoms with E-state index in [1.54, 1.807) is 0 Å². The largest absolute Gasteiger partial charge is 0.326 e. The van der Waals surface area contributed by atoms with E-state index in [4.69, 9.17) is 11.5 Å². The molecule has 100 valence electrons. The molecule has 3 rings (SSSR count). The van der Waals surface area contributed by atoms with Crippen LogP contribution < -0.4 is 11.5 Å². The van der Waals surface area contributed by atoms with Gasteiger partial charge in [-0.25, -0.2) is 0 Å². The van der Waals surface area contributed by atoms with Crippen LogP contribution in [0.1, 0.15) is 22.7 Å². The Kier molecular flexibility index (Phi) is 3.50. The van der Waals surface area contributed by atoms with Crippen molar-refractivity contribution >= 4 is 10.8 Å². The molecule has 1 unspecified atom stereocenters. The molecule has 0 saturated carbocycles. The van der Waals surface area contributed by atoms with Gasteiger partial charge < -0.3 is 11.5 Å². The van der Waals surface area contributed by atoms with E-state index in [2.05, 4.69) is 48.5 Å². The molecule has 0 bridgehead atoms. The maximum atomic E-state index is 6.44. The zero-order chi connectivity index (χ0) is 13.9. The first-order valence-corrected chi connectivity index (χ1v) is 6.82. The zero-order valence-corrected chi connectivity index (χ0v) is 11.3. The molecule has 0 spiro atoms. The van der Waals surface area contributed by atoms with E-state index in [0.717, 1.165) is 16.7 Å². The van der Waals surface area contributed by atoms with Crippen LogP contribution in [0.15, 0.2) is 66.7 Å². The molecule has 0 aromatic heterocycles. The van der Waals surface area contributed by atoms with E-state index in [-0.39, 0.29) is 6.04 Å². The summed E-state index contributed by atoms with van der Waals surface area (Å²) in [5, 5.41) is 2.43. The monoisotopic (exact) mass is 262 g/mol. The Hall–Kier alpha value is -2.16. The van der Waals surface area contributed by atoms with E-state index in [1.807, 2.05) is 18.2 Å². The lowest BCUT2D eigenvalue weighted by atomic mass is 9.94. The minimum absolute atomic E-state index is 0.118. The van der Waals surface area contributed by atoms with Crippen LogP contribution in [-0.2, 0) is 6.54 Å². The van der Waals surface area contributed by atoms with Gasteiger partial charge in [-0.1, -0.05) is 66.7 Å². The Balaban J connectivity index is 2.05. The first kappa shape index (κ1) is 12.9. The zero-order valence-electron chi connectivity index (χ0n) is 11.3. The van der Waals surface area contributed by atoms with E-state index >= 15 is 0 Å². The molecule has 0 heterocycles. The van der Waals surface area contributed by atoms with Crippen LogP contribution in [-0.4, -0.2) is 0 Å². The van der Waals surface area contributed by atoms with Crippen molar-refractivity contribution in [3.8, 4) is 0 Å². The normalized spacial score (nSPS) is 12.5. The second kappa shape index (κ2) is 5.45. The number of hydrogen-bond acceptors (Lipinski definition) is 2. The summed E-state index contributed by atoms with van der Waals surface area (Å²) in [7, 11) is 0. The Morgan fingerprint density at radius 3 is 2.25 bits per heavy atom. The fourth-order valence-corrected chi connectivity index (χ4v) is 2.56. The molecule has 4 N–H and O–H groups in total. The van der Waals surface area contributed by atoms with Gasteiger partial charge in [0.1, 0.15) is 0 Å². The van der Waals surface area contributed by atoms with Gasteiger partial charge in [0.2, 0.25) is 0 Å². The van der Waals surface area contributed by atoms with Crippen LogP contribution in [0, 0.1) is 0 Å². The van der Waals surface area contributed by atoms with Crippen LogP contribution in [0.5, 0.6) is 0 Å². The van der Waals surface area contributed by atoms with Gasteiger partial charge in [0, 0.05) is 6.54 Å². The summed E-state index contributed by atoms with van der Waals surface area (Å²) in [5.74, 6) is 0. The predicted octanol–water partition coefficient (Wildman–Crippen LogP) is 3.35. The Labute approximate surface area is 119 Å². The highest BCUT2D eigenvalue weighted by Crippen LogP contribution is 2.27. The molecule has 0 aliphatic carbocycles. The molecule has 20 heavy (non-hydrogen) atoms. The molecule has 1 atom stereocenters. The molecule has 0 saturated heterocycles. The quantitative estimate of drug-likeness (QED) is 0.760. The summed E-state index contributed by atoms with van der Waals surface area (Å²) >= 11 is 0. The summed E-state index contributed by atoms with van der Waals surface area (Å²) in [6.07, 6.45) is 0. The van der Waals surface area contributed by atoms with Gasteiger partial charge in [-0.3, -0.25) is 0 Å². The molecule has 2 heteroatoms. The topological polar surface area (TPSA) is 52.0 Å². The van der Waals surface area contributed by atoms with Gasteiger partial charge >= 0.3 is 0 Å². The first-order valence-electron chi connectivity index (χ1n) is 6.82. The molecule has 0 amide bonds. The number of nitrogens with two attached hydrogens (primary N) is 2. The van der Waals surface area contributed by atoms with E-state index in [9.17, 15) is 0 Å². The Morgan fingerprint density at radius 1 is 0.800 bits per heavy atom. The second-order valence-electron chi connectivity index (χ2n) is 4.99. The van der Waals surface area contributed by atoms with Crippen molar-refractivity contribution in [2.45, 2.75) is 12.6 Å². The second-order valence-corrected chi connectivity index (χ2v) is 4.99. The Bertz CT molecular complexity index is 712. The van der Waals surface area contributed by atoms with E-state index < -0.39 is 0 Å². The van der Waals surface area contributed by atoms with Crippen molar-refractivity contribution in [3.05, 3.63) is 83.4 Å². The highest BCUT2D eigenvalue weighted by atomic mass is 14.6. The highest BCUT2D eigenvalue weighted by Gasteiger charge is 2.11. The lowest BCUT2D eigenvalue weighted by molar-refractivity contribution is 0.878. The lowest BCUT2D eigenvalue weighted by Gasteiger charge is -2.15. The molecule has 2 nitrogen and oxygen atoms in total. The third-order valence-electron chi connectivity index (χ3n) is 3.73. The molecule has 0 radical (unpaired) electrons. The van der Waals surface area contributed by atoms with Crippen LogP contribution in [0.2, 0.25) is 0 Å². The van der Waals surface area contributed by atoms with Crippen molar-refractivity contribution in [2.75, 3.05) is 0 Å². The van der Waals surface area contributed by atoms with Crippen molar-refractivity contribution in [2.24, 2.45) is 11.5 Å². The van der Waals surface area contributed by atoms with Crippen LogP contribution >= 0.6 is 0 Å². The van der Waals surface area contributed by atoms with Gasteiger partial charge in [0.25, 0.3) is 0 Å². The third-order valence-corrected chi connectivity index (χ3v) is 3.73. The Morgan fingerprint density at radius 2 is 1.50 bits per heavy atom. The number of rotatable bonds is 3. The highest BCUT2D eigenvalue weighted by molar-refractivity contribution is 5.86. The maximum Gasteiger partial charge on any atom is 0.0557 e. The van der Waals surface area contributed by atoms with E-state index in [0.29, 0.717) is 6.54 Å². The standard InChI is InChI=1S/C18H18N2/c19-12-13-8-10-15(11-9-13)18(20)17-7-3-5-14-4-1-2-6-16(14)17/h1-11,18H,12,19-20H2. The molecule has 0 aliphatic heterocycles. The van der Waals surface area contributed by atoms with Crippen LogP contribution in [0.3, 0.4) is 0 Å². The summed E-state index contributed by atoms with van der Waals surface area (Å²) in [6.45, 7) is 0.559. The van der Waals surface area contributed by atoms with Gasteiger partial charge in [-0.05, 0) is 27.5 Å². The lowest BCUT2D eigenvalue weighted by Crippen LogP contribution is -2.12. The molecule has 0 aliphatic rings. The summed E-state index contributed by atoms with van der Waals surface area (Å²) in [4.78, 5) is 0. The maximum absolute atomic E-state index is 6.44. The smallest absolute Gasteiger partial charge is 0.0557 e. The minimum atomic E-state index is -0.118. The van der Waals surface area contributed by atoms with Gasteiger partial charge in [-0.2, -0.15) is 0 Å². The van der Waals surface area contributed by atoms with Crippen molar-refractivity contribution < 1.29 is 0 Å². The molecular formula is C18H18N2. The molecule has 3 aromatic rings. The average Bonchev–Trinajstić information content (AvgIpc) is 2.54. The van der Waals surface area contributed by atoms with Gasteiger partial charge in [0.05, 0.1) is 6.04 Å². The summed E-state index contributed by atoms with van der Waals surface area (Å²) in [5.41, 5.74) is 15.5. The van der Waals surface area contributed by atoms with Crippen molar-refractivity contribution in [1.82, 2.24) is 0 Å². The van der Waals surface area contributed by atoms with Crippen LogP contribution in [0.4, 0.5) is 0 Å². The van der Waals surface area contributed by atoms with Gasteiger partial charge in [0.15, 0.2) is 0 Å². The predicted molar refractivity (Wildman–Crippen MR) is 84.3 cm³/mol. The van der Waals surface area contributed by atoms with Gasteiger partial charge in [-0.15, -0.1) is 0 Å². The van der Waals surface area contributed by atoms with Crippen molar-refractivity contribution in [1.29, 1.82) is 0 Å². The number of benzene rings is 3. The van der Waals surface area contributed by atoms with Crippen molar-refractivity contribution in [3.63, 3.8) is 0 Å². The molecule has 3 aromatic carbocycles. The average molecular weight is 262 g/mol. The third kappa shape index (κ3) is 2.31. The summed E-state index contributed by atoms with van der Waals surface area (Å²) in [6, 6.07) is 22.7. The molecular weight excluding hydrogens is 244 g/mol. The SMILES string of the molecule is NCc1ccc(C(N)c2cccc3ccccc23)cc1. The van der Waals surface area contributed by atoms with E-state index in [1.165, 1.54) is 10.8 Å². The molecule has 0 fully saturated rings.